The molecule has 0 fully saturated rings. The van der Waals surface area contributed by atoms with E-state index in [9.17, 15) is 23.1 Å². The Bertz CT molecular complexity index is 1470. The maximum atomic E-state index is 14.4. The molecule has 208 valence electrons. The molecule has 0 aromatic heterocycles. The molecule has 0 saturated heterocycles. The summed E-state index contributed by atoms with van der Waals surface area (Å²) < 4.78 is 35.6. The first kappa shape index (κ1) is 31.9. The van der Waals surface area contributed by atoms with Crippen LogP contribution >= 0.6 is 0 Å². The number of sulfonamides is 1. The predicted octanol–water partition coefficient (Wildman–Crippen LogP) is 0.532. The number of amides is 1. The van der Waals surface area contributed by atoms with Crippen LogP contribution < -0.4 is 50.5 Å². The predicted molar refractivity (Wildman–Crippen MR) is 148 cm³/mol. The zero-order chi connectivity index (χ0) is 28.5. The minimum absolute atomic E-state index is 0. The number of anilines is 1. The topological polar surface area (TPSA) is 151 Å². The average molecular weight is 576 g/mol. The number of primary amides is 1. The fourth-order valence-corrected chi connectivity index (χ4v) is 6.23. The second-order valence-electron chi connectivity index (χ2n) is 11.0. The van der Waals surface area contributed by atoms with Crippen molar-refractivity contribution in [1.29, 1.82) is 0 Å². The molecule has 0 spiro atoms. The molecule has 0 saturated carbocycles. The van der Waals surface area contributed by atoms with Crippen LogP contribution in [0.5, 0.6) is 5.75 Å². The van der Waals surface area contributed by atoms with Gasteiger partial charge in [-0.15, -0.1) is 4.40 Å². The number of carbonyl (C=O) groups excluding carboxylic acids is 2. The molecule has 40 heavy (non-hydrogen) atoms. The quantitative estimate of drug-likeness (QED) is 0.392. The van der Waals surface area contributed by atoms with Gasteiger partial charge in [-0.1, -0.05) is 57.7 Å². The molecule has 1 aliphatic heterocycles. The van der Waals surface area contributed by atoms with E-state index in [1.807, 2.05) is 12.1 Å². The molecule has 1 amide bonds. The molecule has 2 aromatic carbocycles. The minimum atomic E-state index is -4.31. The molecule has 2 aliphatic rings. The molecule has 1 heterocycles. The van der Waals surface area contributed by atoms with Crippen molar-refractivity contribution in [2.45, 2.75) is 63.7 Å². The molecule has 0 radical (unpaired) electrons. The summed E-state index contributed by atoms with van der Waals surface area (Å²) in [6, 6.07) is 11.2. The smallest absolute Gasteiger partial charge is 0.871 e. The van der Waals surface area contributed by atoms with Crippen LogP contribution in [0.1, 0.15) is 64.5 Å². The zero-order valence-corrected chi connectivity index (χ0v) is 26.4. The molecule has 0 unspecified atom stereocenters. The van der Waals surface area contributed by atoms with E-state index in [1.165, 1.54) is 18.2 Å². The van der Waals surface area contributed by atoms with E-state index in [4.69, 9.17) is 10.5 Å². The van der Waals surface area contributed by atoms with E-state index in [0.29, 0.717) is 35.8 Å². The second kappa shape index (κ2) is 12.5. The summed E-state index contributed by atoms with van der Waals surface area (Å²) >= 11 is 0. The SMILES string of the molecule is CC(C)CCC1(CCC(C)C)C(=O)C(C2=NS(=O)(=O)c3cc(OCC(N)=O)ccc3N2)=C([O-])c2ccccc21.[Na+]. The van der Waals surface area contributed by atoms with Crippen molar-refractivity contribution in [3.8, 4) is 5.75 Å². The Kier molecular flexibility index (Phi) is 9.93. The summed E-state index contributed by atoms with van der Waals surface area (Å²) in [6.07, 6.45) is 2.58. The van der Waals surface area contributed by atoms with E-state index in [-0.39, 0.29) is 57.3 Å². The fraction of sp³-hybridized carbons (Fsp3) is 0.414. The largest absolute Gasteiger partial charge is 1.00 e. The minimum Gasteiger partial charge on any atom is -0.871 e. The molecule has 2 aromatic rings. The van der Waals surface area contributed by atoms with E-state index in [0.717, 1.165) is 12.8 Å². The maximum Gasteiger partial charge on any atom is 1.00 e. The van der Waals surface area contributed by atoms with Gasteiger partial charge in [0.05, 0.1) is 16.7 Å². The first-order valence-corrected chi connectivity index (χ1v) is 14.5. The standard InChI is InChI=1S/C29H35N3O6S.Na/c1-17(2)11-13-29(14-12-18(3)4)21-8-6-5-7-20(21)26(34)25(27(29)35)28-31-22-10-9-19(38-16-24(30)33)15-23(22)39(36,37)32-28;/h5-10,15,17-18,34H,11-14,16H2,1-4H3,(H2,30,33)(H,31,32);/q;+1/p-1. The van der Waals surface area contributed by atoms with Crippen molar-refractivity contribution in [2.75, 3.05) is 11.9 Å². The summed E-state index contributed by atoms with van der Waals surface area (Å²) in [7, 11) is -4.31. The number of ether oxygens (including phenoxy) is 1. The zero-order valence-electron chi connectivity index (χ0n) is 23.6. The van der Waals surface area contributed by atoms with Gasteiger partial charge in [0.25, 0.3) is 15.9 Å². The number of amidine groups is 1. The maximum absolute atomic E-state index is 14.4. The van der Waals surface area contributed by atoms with Crippen molar-refractivity contribution in [1.82, 2.24) is 0 Å². The number of nitrogens with one attached hydrogen (secondary N) is 1. The molecule has 0 atom stereocenters. The number of ketones is 1. The molecular weight excluding hydrogens is 541 g/mol. The number of rotatable bonds is 10. The van der Waals surface area contributed by atoms with Gasteiger partial charge < -0.3 is 20.9 Å². The monoisotopic (exact) mass is 575 g/mol. The van der Waals surface area contributed by atoms with E-state index in [1.54, 1.807) is 12.1 Å². The number of hydrogen-bond donors (Lipinski definition) is 2. The Morgan fingerprint density at radius 2 is 1.70 bits per heavy atom. The third kappa shape index (κ3) is 6.30. The number of carbonyl (C=O) groups is 2. The van der Waals surface area contributed by atoms with Crippen molar-refractivity contribution < 1.29 is 57.4 Å². The van der Waals surface area contributed by atoms with Gasteiger partial charge in [0, 0.05) is 6.07 Å². The molecule has 4 rings (SSSR count). The normalized spacial score (nSPS) is 16.9. The van der Waals surface area contributed by atoms with Crippen molar-refractivity contribution >= 4 is 39.0 Å². The van der Waals surface area contributed by atoms with Crippen LogP contribution in [0.3, 0.4) is 0 Å². The number of benzene rings is 2. The summed E-state index contributed by atoms with van der Waals surface area (Å²) in [5.41, 5.74) is 5.12. The third-order valence-corrected chi connectivity index (χ3v) is 8.50. The Morgan fingerprint density at radius 1 is 1.07 bits per heavy atom. The van der Waals surface area contributed by atoms with Gasteiger partial charge in [-0.3, -0.25) is 9.59 Å². The van der Waals surface area contributed by atoms with Crippen LogP contribution in [-0.4, -0.2) is 32.6 Å². The van der Waals surface area contributed by atoms with Gasteiger partial charge >= 0.3 is 29.6 Å². The van der Waals surface area contributed by atoms with Crippen molar-refractivity contribution in [3.63, 3.8) is 0 Å². The number of nitrogens with zero attached hydrogens (tertiary/aromatic N) is 1. The Labute approximate surface area is 257 Å². The second-order valence-corrected chi connectivity index (χ2v) is 12.6. The third-order valence-electron chi connectivity index (χ3n) is 7.19. The van der Waals surface area contributed by atoms with Crippen LogP contribution in [0.25, 0.3) is 5.76 Å². The number of hydrogen-bond acceptors (Lipinski definition) is 7. The van der Waals surface area contributed by atoms with Gasteiger partial charge in [0.1, 0.15) is 10.6 Å². The van der Waals surface area contributed by atoms with E-state index < -0.39 is 39.5 Å². The van der Waals surface area contributed by atoms with Gasteiger partial charge in [0.2, 0.25) is 0 Å². The first-order valence-electron chi connectivity index (χ1n) is 13.1. The molecule has 1 aliphatic carbocycles. The Balaban J connectivity index is 0.00000441. The van der Waals surface area contributed by atoms with Crippen LogP contribution in [0, 0.1) is 11.8 Å². The summed E-state index contributed by atoms with van der Waals surface area (Å²) in [6.45, 7) is 7.92. The summed E-state index contributed by atoms with van der Waals surface area (Å²) in [5.74, 6) is -1.18. The van der Waals surface area contributed by atoms with Crippen LogP contribution in [0.2, 0.25) is 0 Å². The van der Waals surface area contributed by atoms with Crippen LogP contribution in [0.4, 0.5) is 5.69 Å². The Hall–Kier alpha value is -2.66. The van der Waals surface area contributed by atoms with E-state index in [2.05, 4.69) is 37.4 Å². The molecule has 9 nitrogen and oxygen atoms in total. The van der Waals surface area contributed by atoms with Gasteiger partial charge in [-0.05, 0) is 60.8 Å². The van der Waals surface area contributed by atoms with Crippen LogP contribution in [0.15, 0.2) is 57.3 Å². The average Bonchev–Trinajstić information content (AvgIpc) is 2.87. The molecular formula is C29H34N3NaO6S. The summed E-state index contributed by atoms with van der Waals surface area (Å²) in [5, 5.41) is 16.7. The number of nitrogens with two attached hydrogens (primary N) is 1. The number of fused-ring (bicyclic) bond motifs is 2. The van der Waals surface area contributed by atoms with Gasteiger partial charge in [0.15, 0.2) is 18.2 Å². The van der Waals surface area contributed by atoms with Gasteiger partial charge in [-0.2, -0.15) is 8.42 Å². The van der Waals surface area contributed by atoms with Crippen molar-refractivity contribution in [3.05, 3.63) is 59.2 Å². The summed E-state index contributed by atoms with van der Waals surface area (Å²) in [4.78, 5) is 25.3. The van der Waals surface area contributed by atoms with Gasteiger partial charge in [-0.25, -0.2) is 0 Å². The Morgan fingerprint density at radius 3 is 2.30 bits per heavy atom. The molecule has 3 N–H and O–H groups in total. The van der Waals surface area contributed by atoms with Crippen LogP contribution in [-0.2, 0) is 25.0 Å². The molecule has 11 heteroatoms. The van der Waals surface area contributed by atoms with Crippen molar-refractivity contribution in [2.24, 2.45) is 22.0 Å². The number of Topliss-reactive ketones (excluding diaryl/α,β-unsaturated/α-hetero) is 1. The molecule has 0 bridgehead atoms. The fourth-order valence-electron chi connectivity index (χ4n) is 5.10. The first-order chi connectivity index (χ1) is 18.4. The van der Waals surface area contributed by atoms with E-state index >= 15 is 0 Å².